The molecule has 0 fully saturated rings. The molecule has 1 atom stereocenters. The molecule has 0 aromatic heterocycles. The predicted molar refractivity (Wildman–Crippen MR) is 131 cm³/mol. The number of hydrogen-bond acceptors (Lipinski definition) is 4. The highest BCUT2D eigenvalue weighted by Crippen LogP contribution is 2.39. The first-order chi connectivity index (χ1) is 16.1. The molecule has 5 rings (SSSR count). The number of ether oxygens (including phenoxy) is 1. The number of benzene rings is 3. The Bertz CT molecular complexity index is 1250. The largest absolute Gasteiger partial charge is 0.497 e. The molecule has 1 heterocycles. The van der Waals surface area contributed by atoms with Gasteiger partial charge in [0.25, 0.3) is 11.8 Å². The van der Waals surface area contributed by atoms with Gasteiger partial charge in [0.15, 0.2) is 0 Å². The topological polar surface area (TPSA) is 67.4 Å². The average molecular weight is 457 g/mol. The number of aryl methyl sites for hydroxylation is 1. The first-order valence-electron chi connectivity index (χ1n) is 11.0. The van der Waals surface area contributed by atoms with Crippen molar-refractivity contribution in [2.24, 2.45) is 0 Å². The molecule has 33 heavy (non-hydrogen) atoms. The minimum absolute atomic E-state index is 0.0153. The molecule has 0 bridgehead atoms. The van der Waals surface area contributed by atoms with Crippen LogP contribution in [0, 0.1) is 0 Å². The zero-order valence-electron chi connectivity index (χ0n) is 18.3. The number of methoxy groups -OCH3 is 1. The lowest BCUT2D eigenvalue weighted by Crippen LogP contribution is -2.31. The Morgan fingerprint density at radius 1 is 1.12 bits per heavy atom. The number of anilines is 1. The van der Waals surface area contributed by atoms with Gasteiger partial charge in [-0.05, 0) is 72.4 Å². The highest BCUT2D eigenvalue weighted by molar-refractivity contribution is 8.04. The minimum atomic E-state index is -0.179. The van der Waals surface area contributed by atoms with E-state index in [2.05, 4.69) is 22.8 Å². The van der Waals surface area contributed by atoms with Crippen molar-refractivity contribution in [2.75, 3.05) is 12.4 Å². The molecule has 3 aromatic rings. The van der Waals surface area contributed by atoms with Crippen LogP contribution in [0.25, 0.3) is 6.08 Å². The molecule has 5 nitrogen and oxygen atoms in total. The fourth-order valence-electron chi connectivity index (χ4n) is 4.30. The number of amides is 2. The molecule has 2 aliphatic rings. The van der Waals surface area contributed by atoms with Gasteiger partial charge >= 0.3 is 0 Å². The van der Waals surface area contributed by atoms with Gasteiger partial charge in [0.1, 0.15) is 5.75 Å². The molecular weight excluding hydrogens is 432 g/mol. The maximum atomic E-state index is 13.0. The van der Waals surface area contributed by atoms with Crippen LogP contribution in [0.2, 0.25) is 0 Å². The summed E-state index contributed by atoms with van der Waals surface area (Å²) in [7, 11) is 1.62. The molecule has 2 amide bonds. The Morgan fingerprint density at radius 2 is 1.94 bits per heavy atom. The van der Waals surface area contributed by atoms with Crippen LogP contribution >= 0.6 is 11.8 Å². The summed E-state index contributed by atoms with van der Waals surface area (Å²) in [6.07, 6.45) is 4.89. The van der Waals surface area contributed by atoms with Crippen molar-refractivity contribution in [3.8, 4) is 5.75 Å². The normalized spacial score (nSPS) is 18.2. The van der Waals surface area contributed by atoms with Crippen LogP contribution < -0.4 is 15.4 Å². The van der Waals surface area contributed by atoms with Crippen LogP contribution in [0.1, 0.15) is 45.9 Å². The van der Waals surface area contributed by atoms with Crippen molar-refractivity contribution in [1.82, 2.24) is 5.32 Å². The highest BCUT2D eigenvalue weighted by atomic mass is 32.2. The van der Waals surface area contributed by atoms with Gasteiger partial charge in [-0.1, -0.05) is 48.2 Å². The van der Waals surface area contributed by atoms with Gasteiger partial charge in [0.2, 0.25) is 0 Å². The van der Waals surface area contributed by atoms with E-state index in [-0.39, 0.29) is 17.9 Å². The van der Waals surface area contributed by atoms with E-state index in [1.165, 1.54) is 22.9 Å². The Morgan fingerprint density at radius 3 is 2.76 bits per heavy atom. The number of carbonyl (C=O) groups excluding carboxylic acids is 2. The summed E-state index contributed by atoms with van der Waals surface area (Å²) in [5.41, 5.74) is 4.63. The van der Waals surface area contributed by atoms with E-state index in [0.29, 0.717) is 16.2 Å². The van der Waals surface area contributed by atoms with Crippen molar-refractivity contribution in [3.05, 3.63) is 93.9 Å². The Balaban J connectivity index is 1.33. The van der Waals surface area contributed by atoms with Crippen molar-refractivity contribution < 1.29 is 14.3 Å². The van der Waals surface area contributed by atoms with E-state index in [1.54, 1.807) is 13.2 Å². The van der Waals surface area contributed by atoms with Gasteiger partial charge in [-0.15, -0.1) is 0 Å². The van der Waals surface area contributed by atoms with E-state index in [9.17, 15) is 9.59 Å². The van der Waals surface area contributed by atoms with Crippen molar-refractivity contribution in [2.45, 2.75) is 30.2 Å². The highest BCUT2D eigenvalue weighted by Gasteiger charge is 2.25. The zero-order chi connectivity index (χ0) is 22.8. The third-order valence-corrected chi connectivity index (χ3v) is 7.12. The van der Waals surface area contributed by atoms with Crippen LogP contribution in [0.3, 0.4) is 0 Å². The summed E-state index contributed by atoms with van der Waals surface area (Å²) in [6.45, 7) is 0. The van der Waals surface area contributed by atoms with Crippen molar-refractivity contribution >= 4 is 35.3 Å². The van der Waals surface area contributed by atoms with E-state index in [1.807, 2.05) is 54.6 Å². The van der Waals surface area contributed by atoms with Gasteiger partial charge in [0, 0.05) is 10.5 Å². The van der Waals surface area contributed by atoms with E-state index in [0.717, 1.165) is 35.5 Å². The lowest BCUT2D eigenvalue weighted by Gasteiger charge is -2.26. The summed E-state index contributed by atoms with van der Waals surface area (Å²) in [5, 5.41) is 6.11. The van der Waals surface area contributed by atoms with E-state index < -0.39 is 0 Å². The second kappa shape index (κ2) is 9.16. The SMILES string of the molecule is COc1ccc(/C=C2/Sc3ccc(C(=O)N[C@H]4CCCc5ccccc54)cc3NC2=O)cc1. The molecule has 166 valence electrons. The molecule has 0 spiro atoms. The van der Waals surface area contributed by atoms with Gasteiger partial charge < -0.3 is 15.4 Å². The molecule has 1 aliphatic heterocycles. The predicted octanol–water partition coefficient (Wildman–Crippen LogP) is 5.59. The van der Waals surface area contributed by atoms with Crippen molar-refractivity contribution in [3.63, 3.8) is 0 Å². The standard InChI is InChI=1S/C27H24N2O3S/c1-32-20-12-9-17(10-13-20)15-25-27(31)29-23-16-19(11-14-24(23)33-25)26(30)28-22-8-4-6-18-5-2-3-7-21(18)22/h2-3,5,7,9-16,22H,4,6,8H2,1H3,(H,28,30)(H,29,31)/b25-15+/t22-/m0/s1. The smallest absolute Gasteiger partial charge is 0.262 e. The van der Waals surface area contributed by atoms with Crippen LogP contribution in [-0.4, -0.2) is 18.9 Å². The van der Waals surface area contributed by atoms with Gasteiger partial charge in [0.05, 0.1) is 23.7 Å². The van der Waals surface area contributed by atoms with Gasteiger partial charge in [-0.3, -0.25) is 9.59 Å². The number of thioether (sulfide) groups is 1. The number of fused-ring (bicyclic) bond motifs is 2. The van der Waals surface area contributed by atoms with Crippen molar-refractivity contribution in [1.29, 1.82) is 0 Å². The summed E-state index contributed by atoms with van der Waals surface area (Å²) in [6, 6.07) is 21.3. The van der Waals surface area contributed by atoms with E-state index in [4.69, 9.17) is 4.74 Å². The fraction of sp³-hybridized carbons (Fsp3) is 0.185. The Hall–Kier alpha value is -3.51. The Labute approximate surface area is 197 Å². The quantitative estimate of drug-likeness (QED) is 0.503. The molecule has 1 aliphatic carbocycles. The van der Waals surface area contributed by atoms with Crippen LogP contribution in [0.15, 0.2) is 76.5 Å². The number of hydrogen-bond donors (Lipinski definition) is 2. The summed E-state index contributed by atoms with van der Waals surface area (Å²) >= 11 is 1.40. The fourth-order valence-corrected chi connectivity index (χ4v) is 5.23. The zero-order valence-corrected chi connectivity index (χ0v) is 19.1. The maximum Gasteiger partial charge on any atom is 0.262 e. The minimum Gasteiger partial charge on any atom is -0.497 e. The second-order valence-corrected chi connectivity index (χ2v) is 9.25. The average Bonchev–Trinajstić information content (AvgIpc) is 2.85. The van der Waals surface area contributed by atoms with Crippen LogP contribution in [-0.2, 0) is 11.2 Å². The monoisotopic (exact) mass is 456 g/mol. The third kappa shape index (κ3) is 4.52. The Kier molecular flexibility index (Phi) is 5.92. The number of carbonyl (C=O) groups is 2. The van der Waals surface area contributed by atoms with Gasteiger partial charge in [-0.25, -0.2) is 0 Å². The third-order valence-electron chi connectivity index (χ3n) is 6.02. The first-order valence-corrected chi connectivity index (χ1v) is 11.8. The molecule has 0 radical (unpaired) electrons. The molecule has 3 aromatic carbocycles. The number of nitrogens with one attached hydrogen (secondary N) is 2. The van der Waals surface area contributed by atoms with Gasteiger partial charge in [-0.2, -0.15) is 0 Å². The van der Waals surface area contributed by atoms with Crippen LogP contribution in [0.5, 0.6) is 5.75 Å². The summed E-state index contributed by atoms with van der Waals surface area (Å²) < 4.78 is 5.18. The van der Waals surface area contributed by atoms with E-state index >= 15 is 0 Å². The lowest BCUT2D eigenvalue weighted by molar-refractivity contribution is -0.112. The first kappa shape index (κ1) is 21.3. The molecule has 6 heteroatoms. The van der Waals surface area contributed by atoms with Crippen LogP contribution in [0.4, 0.5) is 5.69 Å². The molecule has 0 unspecified atom stereocenters. The summed E-state index contributed by atoms with van der Waals surface area (Å²) in [5.74, 6) is 0.464. The number of rotatable bonds is 4. The molecular formula is C27H24N2O3S. The lowest BCUT2D eigenvalue weighted by atomic mass is 9.87. The molecule has 2 N–H and O–H groups in total. The molecule has 0 saturated carbocycles. The molecule has 0 saturated heterocycles. The maximum absolute atomic E-state index is 13.0. The second-order valence-electron chi connectivity index (χ2n) is 8.17. The summed E-state index contributed by atoms with van der Waals surface area (Å²) in [4.78, 5) is 27.2.